The first-order chi connectivity index (χ1) is 12.5. The fraction of sp³-hybridized carbons (Fsp3) is 0.0476. The molecule has 0 fully saturated rings. The fourth-order valence-corrected chi connectivity index (χ4v) is 4.58. The predicted octanol–water partition coefficient (Wildman–Crippen LogP) is 4.99. The molecule has 130 valence electrons. The molecule has 1 heterocycles. The molecule has 0 bridgehead atoms. The summed E-state index contributed by atoms with van der Waals surface area (Å²) in [5.74, 6) is -0.401. The van der Waals surface area contributed by atoms with Gasteiger partial charge in [-0.15, -0.1) is 0 Å². The van der Waals surface area contributed by atoms with E-state index in [0.29, 0.717) is 16.6 Å². The highest BCUT2D eigenvalue weighted by atomic mass is 32.2. The maximum Gasteiger partial charge on any atom is 0.268 e. The fourth-order valence-electron chi connectivity index (χ4n) is 3.05. The number of hydrogen-bond donors (Lipinski definition) is 0. The van der Waals surface area contributed by atoms with Crippen LogP contribution in [0.3, 0.4) is 0 Å². The van der Waals surface area contributed by atoms with Gasteiger partial charge >= 0.3 is 0 Å². The van der Waals surface area contributed by atoms with Gasteiger partial charge < -0.3 is 0 Å². The van der Waals surface area contributed by atoms with Crippen LogP contribution in [0.2, 0.25) is 0 Å². The molecule has 0 radical (unpaired) electrons. The molecule has 0 atom stereocenters. The van der Waals surface area contributed by atoms with E-state index in [1.165, 1.54) is 22.2 Å². The van der Waals surface area contributed by atoms with Gasteiger partial charge in [-0.25, -0.2) is 16.8 Å². The average molecular weight is 365 g/mol. The molecule has 0 aliphatic heterocycles. The van der Waals surface area contributed by atoms with Gasteiger partial charge in [-0.1, -0.05) is 48.0 Å². The molecule has 5 heteroatoms. The van der Waals surface area contributed by atoms with Gasteiger partial charge in [0.2, 0.25) is 0 Å². The Hall–Kier alpha value is -2.92. The lowest BCUT2D eigenvalue weighted by Crippen LogP contribution is -2.14. The summed E-state index contributed by atoms with van der Waals surface area (Å²) in [5.41, 5.74) is 2.68. The second kappa shape index (κ2) is 6.11. The number of halogens is 1. The lowest BCUT2D eigenvalue weighted by Gasteiger charge is -2.12. The van der Waals surface area contributed by atoms with Crippen LogP contribution in [-0.2, 0) is 10.0 Å². The van der Waals surface area contributed by atoms with Gasteiger partial charge in [0.25, 0.3) is 10.0 Å². The van der Waals surface area contributed by atoms with Crippen LogP contribution in [0.25, 0.3) is 22.2 Å². The molecule has 4 aromatic rings. The summed E-state index contributed by atoms with van der Waals surface area (Å²) in [6.45, 7) is 1.90. The Labute approximate surface area is 151 Å². The number of fused-ring (bicyclic) bond motifs is 1. The summed E-state index contributed by atoms with van der Waals surface area (Å²) >= 11 is 0. The number of hydrogen-bond acceptors (Lipinski definition) is 2. The molecule has 26 heavy (non-hydrogen) atoms. The minimum atomic E-state index is -3.84. The highest BCUT2D eigenvalue weighted by Gasteiger charge is 2.24. The van der Waals surface area contributed by atoms with Gasteiger partial charge in [0.15, 0.2) is 0 Å². The Morgan fingerprint density at radius 3 is 2.23 bits per heavy atom. The van der Waals surface area contributed by atoms with Crippen molar-refractivity contribution in [1.82, 2.24) is 3.97 Å². The van der Waals surface area contributed by atoms with E-state index in [1.54, 1.807) is 30.3 Å². The highest BCUT2D eigenvalue weighted by molar-refractivity contribution is 7.90. The summed E-state index contributed by atoms with van der Waals surface area (Å²) in [5, 5.41) is 0.541. The molecule has 0 aliphatic rings. The van der Waals surface area contributed by atoms with E-state index in [1.807, 2.05) is 37.3 Å². The summed E-state index contributed by atoms with van der Waals surface area (Å²) in [6, 6.07) is 21.8. The van der Waals surface area contributed by atoms with Gasteiger partial charge in [0, 0.05) is 5.39 Å². The summed E-state index contributed by atoms with van der Waals surface area (Å²) in [6.07, 6.45) is 0. The van der Waals surface area contributed by atoms with Crippen molar-refractivity contribution in [1.29, 1.82) is 0 Å². The van der Waals surface area contributed by atoms with E-state index < -0.39 is 15.8 Å². The third-order valence-electron chi connectivity index (χ3n) is 4.35. The Balaban J connectivity index is 2.06. The third-order valence-corrected chi connectivity index (χ3v) is 6.09. The normalized spacial score (nSPS) is 11.8. The molecule has 1 aromatic heterocycles. The lowest BCUT2D eigenvalue weighted by atomic mass is 10.1. The Morgan fingerprint density at radius 2 is 1.54 bits per heavy atom. The van der Waals surface area contributed by atoms with E-state index in [0.717, 1.165) is 11.1 Å². The molecule has 0 spiro atoms. The quantitative estimate of drug-likeness (QED) is 0.513. The van der Waals surface area contributed by atoms with Crippen LogP contribution in [0.4, 0.5) is 4.39 Å². The molecule has 0 saturated heterocycles. The maximum atomic E-state index is 13.7. The molecule has 3 aromatic carbocycles. The van der Waals surface area contributed by atoms with Gasteiger partial charge in [-0.3, -0.25) is 0 Å². The standard InChI is InChI=1S/C21H16FNO2S/c1-15-7-10-19(11-8-15)26(24,25)23-20-12-9-18(22)13-17(20)14-21(23)16-5-3-2-4-6-16/h2-14H,1H3. The number of nitrogens with zero attached hydrogens (tertiary/aromatic N) is 1. The average Bonchev–Trinajstić information content (AvgIpc) is 3.02. The van der Waals surface area contributed by atoms with Crippen molar-refractivity contribution in [3.63, 3.8) is 0 Å². The molecule has 0 aliphatic carbocycles. The van der Waals surface area contributed by atoms with Crippen LogP contribution in [0.1, 0.15) is 5.56 Å². The monoisotopic (exact) mass is 365 g/mol. The Bertz CT molecular complexity index is 1190. The van der Waals surface area contributed by atoms with Gasteiger partial charge in [0.05, 0.1) is 16.1 Å². The van der Waals surface area contributed by atoms with Crippen LogP contribution >= 0.6 is 0 Å². The molecule has 0 unspecified atom stereocenters. The van der Waals surface area contributed by atoms with Crippen molar-refractivity contribution in [3.8, 4) is 11.3 Å². The molecule has 3 nitrogen and oxygen atoms in total. The van der Waals surface area contributed by atoms with Crippen molar-refractivity contribution in [3.05, 3.63) is 90.2 Å². The molecule has 0 amide bonds. The van der Waals surface area contributed by atoms with E-state index >= 15 is 0 Å². The maximum absolute atomic E-state index is 13.7. The molecule has 4 rings (SSSR count). The minimum absolute atomic E-state index is 0.196. The first-order valence-corrected chi connectivity index (χ1v) is 9.59. The van der Waals surface area contributed by atoms with Crippen LogP contribution in [-0.4, -0.2) is 12.4 Å². The smallest absolute Gasteiger partial charge is 0.233 e. The Kier molecular flexibility index (Phi) is 3.89. The predicted molar refractivity (Wildman–Crippen MR) is 101 cm³/mol. The van der Waals surface area contributed by atoms with E-state index in [4.69, 9.17) is 0 Å². The second-order valence-corrected chi connectivity index (χ2v) is 7.97. The van der Waals surface area contributed by atoms with Crippen LogP contribution < -0.4 is 0 Å². The molecular formula is C21H16FNO2S. The number of rotatable bonds is 3. The van der Waals surface area contributed by atoms with Crippen molar-refractivity contribution in [2.24, 2.45) is 0 Å². The van der Waals surface area contributed by atoms with Crippen molar-refractivity contribution < 1.29 is 12.8 Å². The first-order valence-electron chi connectivity index (χ1n) is 8.15. The molecule has 0 N–H and O–H groups in total. The number of aromatic nitrogens is 1. The third kappa shape index (κ3) is 2.70. The topological polar surface area (TPSA) is 39.1 Å². The van der Waals surface area contributed by atoms with Gasteiger partial charge in [-0.05, 0) is 48.9 Å². The Morgan fingerprint density at radius 1 is 0.846 bits per heavy atom. The van der Waals surface area contributed by atoms with E-state index in [2.05, 4.69) is 0 Å². The zero-order chi connectivity index (χ0) is 18.3. The summed E-state index contributed by atoms with van der Waals surface area (Å²) < 4.78 is 41.7. The summed E-state index contributed by atoms with van der Waals surface area (Å²) in [4.78, 5) is 0.196. The number of aryl methyl sites for hydroxylation is 1. The van der Waals surface area contributed by atoms with Crippen molar-refractivity contribution in [2.75, 3.05) is 0 Å². The van der Waals surface area contributed by atoms with E-state index in [9.17, 15) is 12.8 Å². The van der Waals surface area contributed by atoms with Crippen molar-refractivity contribution >= 4 is 20.9 Å². The van der Waals surface area contributed by atoms with Gasteiger partial charge in [-0.2, -0.15) is 0 Å². The van der Waals surface area contributed by atoms with Crippen LogP contribution in [0.15, 0.2) is 83.8 Å². The van der Waals surface area contributed by atoms with Crippen LogP contribution in [0, 0.1) is 12.7 Å². The largest absolute Gasteiger partial charge is 0.268 e. The van der Waals surface area contributed by atoms with Crippen LogP contribution in [0.5, 0.6) is 0 Å². The summed E-state index contributed by atoms with van der Waals surface area (Å²) in [7, 11) is -3.84. The van der Waals surface area contributed by atoms with Crippen molar-refractivity contribution in [2.45, 2.75) is 11.8 Å². The first kappa shape index (κ1) is 16.5. The lowest BCUT2D eigenvalue weighted by molar-refractivity contribution is 0.589. The van der Waals surface area contributed by atoms with Gasteiger partial charge in [0.1, 0.15) is 5.82 Å². The highest BCUT2D eigenvalue weighted by Crippen LogP contribution is 2.32. The minimum Gasteiger partial charge on any atom is -0.233 e. The SMILES string of the molecule is Cc1ccc(S(=O)(=O)n2c(-c3ccccc3)cc3cc(F)ccc32)cc1. The van der Waals surface area contributed by atoms with E-state index in [-0.39, 0.29) is 4.90 Å². The zero-order valence-corrected chi connectivity index (χ0v) is 14.9. The molecule has 0 saturated carbocycles. The number of benzene rings is 3. The zero-order valence-electron chi connectivity index (χ0n) is 14.1. The second-order valence-electron chi connectivity index (χ2n) is 6.18. The molecular weight excluding hydrogens is 349 g/mol.